The molecule has 0 aromatic heterocycles. The lowest BCUT2D eigenvalue weighted by molar-refractivity contribution is -0.384. The monoisotopic (exact) mass is 339 g/mol. The summed E-state index contributed by atoms with van der Waals surface area (Å²) < 4.78 is -1.32. The van der Waals surface area contributed by atoms with E-state index in [0.717, 1.165) is 0 Å². The molecule has 0 saturated heterocycles. The molecule has 1 aromatic carbocycles. The van der Waals surface area contributed by atoms with Gasteiger partial charge in [-0.15, -0.1) is 11.6 Å². The highest BCUT2D eigenvalue weighted by Gasteiger charge is 2.25. The van der Waals surface area contributed by atoms with Crippen LogP contribution in [0, 0.1) is 10.1 Å². The number of non-ortho nitro benzene ring substituents is 1. The zero-order valence-electron chi connectivity index (χ0n) is 10.2. The van der Waals surface area contributed by atoms with E-state index >= 15 is 0 Å². The molecule has 0 fully saturated rings. The van der Waals surface area contributed by atoms with Gasteiger partial charge in [0.1, 0.15) is 0 Å². The number of hydrogen-bond acceptors (Lipinski definition) is 5. The average Bonchev–Trinajstić information content (AvgIpc) is 2.38. The third-order valence-electron chi connectivity index (χ3n) is 2.22. The van der Waals surface area contributed by atoms with Crippen LogP contribution in [0.25, 0.3) is 0 Å². The van der Waals surface area contributed by atoms with Gasteiger partial charge in [0.25, 0.3) is 5.69 Å². The van der Waals surface area contributed by atoms with Gasteiger partial charge in [-0.2, -0.15) is 5.10 Å². The molecule has 0 radical (unpaired) electrons. The molecule has 20 heavy (non-hydrogen) atoms. The molecule has 0 heterocycles. The Morgan fingerprint density at radius 1 is 1.45 bits per heavy atom. The lowest BCUT2D eigenvalue weighted by Crippen LogP contribution is -2.22. The van der Waals surface area contributed by atoms with Gasteiger partial charge in [0, 0.05) is 18.6 Å². The van der Waals surface area contributed by atoms with Crippen molar-refractivity contribution in [3.63, 3.8) is 0 Å². The summed E-state index contributed by atoms with van der Waals surface area (Å²) in [5.74, 6) is 0. The van der Waals surface area contributed by atoms with E-state index in [-0.39, 0.29) is 18.7 Å². The first-order chi connectivity index (χ1) is 9.34. The highest BCUT2D eigenvalue weighted by molar-refractivity contribution is 6.56. The van der Waals surface area contributed by atoms with Gasteiger partial charge in [0.05, 0.1) is 28.8 Å². The van der Waals surface area contributed by atoms with Crippen molar-refractivity contribution in [1.82, 2.24) is 0 Å². The van der Waals surface area contributed by atoms with Crippen LogP contribution < -0.4 is 5.43 Å². The van der Waals surface area contributed by atoms with Crippen molar-refractivity contribution >= 4 is 52.4 Å². The maximum absolute atomic E-state index is 10.5. The standard InChI is InChI=1S/C11H12Cl3N3O3/c12-8(6-18)5-11(13,14)7-15-16-9-1-3-10(4-2-9)17(19)20/h1-4,7-8,16,18H,5-6H2/b15-7+. The zero-order valence-corrected chi connectivity index (χ0v) is 12.4. The molecule has 2 N–H and O–H groups in total. The maximum Gasteiger partial charge on any atom is 0.269 e. The predicted octanol–water partition coefficient (Wildman–Crippen LogP) is 3.16. The van der Waals surface area contributed by atoms with Crippen molar-refractivity contribution < 1.29 is 10.0 Å². The number of rotatable bonds is 7. The number of alkyl halides is 3. The lowest BCUT2D eigenvalue weighted by Gasteiger charge is -2.16. The summed E-state index contributed by atoms with van der Waals surface area (Å²) in [6.45, 7) is -0.244. The van der Waals surface area contributed by atoms with Crippen LogP contribution in [-0.2, 0) is 0 Å². The topological polar surface area (TPSA) is 87.8 Å². The molecule has 110 valence electrons. The van der Waals surface area contributed by atoms with E-state index in [0.29, 0.717) is 5.69 Å². The molecule has 1 atom stereocenters. The molecule has 1 rings (SSSR count). The van der Waals surface area contributed by atoms with Crippen molar-refractivity contribution in [3.05, 3.63) is 34.4 Å². The van der Waals surface area contributed by atoms with Crippen molar-refractivity contribution in [2.24, 2.45) is 5.10 Å². The Kier molecular flexibility index (Phi) is 6.48. The van der Waals surface area contributed by atoms with Crippen molar-refractivity contribution in [1.29, 1.82) is 0 Å². The van der Waals surface area contributed by atoms with Gasteiger partial charge in [-0.3, -0.25) is 15.5 Å². The van der Waals surface area contributed by atoms with Crippen LogP contribution in [0.15, 0.2) is 29.4 Å². The first-order valence-corrected chi connectivity index (χ1v) is 6.71. The molecule has 6 nitrogen and oxygen atoms in total. The Balaban J connectivity index is 2.57. The molecule has 9 heteroatoms. The summed E-state index contributed by atoms with van der Waals surface area (Å²) in [5, 5.41) is 22.5. The highest BCUT2D eigenvalue weighted by atomic mass is 35.5. The van der Waals surface area contributed by atoms with E-state index in [4.69, 9.17) is 39.9 Å². The van der Waals surface area contributed by atoms with Crippen molar-refractivity contribution in [2.45, 2.75) is 16.1 Å². The molecule has 1 aromatic rings. The van der Waals surface area contributed by atoms with Crippen LogP contribution in [0.2, 0.25) is 0 Å². The van der Waals surface area contributed by atoms with Gasteiger partial charge in [-0.25, -0.2) is 0 Å². The van der Waals surface area contributed by atoms with Gasteiger partial charge < -0.3 is 5.11 Å². The minimum absolute atomic E-state index is 0.0171. The fourth-order valence-corrected chi connectivity index (χ4v) is 2.14. The second kappa shape index (κ2) is 7.64. The molecule has 0 bridgehead atoms. The summed E-state index contributed by atoms with van der Waals surface area (Å²) in [5.41, 5.74) is 3.16. The quantitative estimate of drug-likeness (QED) is 0.345. The number of halogens is 3. The number of nitrogens with zero attached hydrogens (tertiary/aromatic N) is 2. The molecule has 0 amide bonds. The molecule has 0 aliphatic rings. The fourth-order valence-electron chi connectivity index (χ4n) is 1.27. The Morgan fingerprint density at radius 2 is 2.05 bits per heavy atom. The molecular weight excluding hydrogens is 328 g/mol. The number of benzene rings is 1. The van der Waals surface area contributed by atoms with Crippen molar-refractivity contribution in [2.75, 3.05) is 12.0 Å². The number of hydrogen-bond donors (Lipinski definition) is 2. The summed E-state index contributed by atoms with van der Waals surface area (Å²) >= 11 is 17.6. The number of nitro groups is 1. The first-order valence-electron chi connectivity index (χ1n) is 5.51. The summed E-state index contributed by atoms with van der Waals surface area (Å²) in [4.78, 5) is 9.98. The Hall–Kier alpha value is -1.08. The number of nitro benzene ring substituents is 1. The van der Waals surface area contributed by atoms with Crippen LogP contribution in [0.4, 0.5) is 11.4 Å². The Labute approximate surface area is 130 Å². The maximum atomic E-state index is 10.5. The van der Waals surface area contributed by atoms with Crippen molar-refractivity contribution in [3.8, 4) is 0 Å². The van der Waals surface area contributed by atoms with E-state index < -0.39 is 14.6 Å². The second-order valence-corrected chi connectivity index (χ2v) is 6.08. The normalized spacial score (nSPS) is 13.4. The zero-order chi connectivity index (χ0) is 15.2. The molecule has 0 saturated carbocycles. The number of hydrazone groups is 1. The minimum Gasteiger partial charge on any atom is -0.395 e. The van der Waals surface area contributed by atoms with Crippen LogP contribution in [0.1, 0.15) is 6.42 Å². The molecule has 0 aliphatic carbocycles. The SMILES string of the molecule is O=[N+]([O-])c1ccc(N/N=C/C(Cl)(Cl)CC(Cl)CO)cc1. The summed E-state index contributed by atoms with van der Waals surface area (Å²) in [6.07, 6.45) is 1.36. The molecule has 0 aliphatic heterocycles. The Morgan fingerprint density at radius 3 is 2.55 bits per heavy atom. The lowest BCUT2D eigenvalue weighted by atomic mass is 10.2. The molecule has 0 spiro atoms. The third-order valence-corrected chi connectivity index (χ3v) is 3.01. The van der Waals surface area contributed by atoms with Crippen LogP contribution in [0.3, 0.4) is 0 Å². The number of anilines is 1. The fraction of sp³-hybridized carbons (Fsp3) is 0.364. The van der Waals surface area contributed by atoms with E-state index in [1.165, 1.54) is 30.5 Å². The van der Waals surface area contributed by atoms with Gasteiger partial charge in [0.2, 0.25) is 0 Å². The molecule has 1 unspecified atom stereocenters. The van der Waals surface area contributed by atoms with Crippen LogP contribution >= 0.6 is 34.8 Å². The minimum atomic E-state index is -1.32. The number of nitrogens with one attached hydrogen (secondary N) is 1. The van der Waals surface area contributed by atoms with E-state index in [9.17, 15) is 10.1 Å². The van der Waals surface area contributed by atoms with E-state index in [1.807, 2.05) is 0 Å². The number of aliphatic hydroxyl groups excluding tert-OH is 1. The van der Waals surface area contributed by atoms with Gasteiger partial charge in [-0.1, -0.05) is 23.2 Å². The molecular formula is C11H12Cl3N3O3. The summed E-state index contributed by atoms with van der Waals surface area (Å²) in [7, 11) is 0. The van der Waals surface area contributed by atoms with E-state index in [2.05, 4.69) is 10.5 Å². The average molecular weight is 341 g/mol. The summed E-state index contributed by atoms with van der Waals surface area (Å²) in [6, 6.07) is 5.68. The van der Waals surface area contributed by atoms with Crippen LogP contribution in [-0.4, -0.2) is 32.6 Å². The second-order valence-electron chi connectivity index (χ2n) is 3.92. The largest absolute Gasteiger partial charge is 0.395 e. The van der Waals surface area contributed by atoms with Gasteiger partial charge in [0.15, 0.2) is 4.33 Å². The smallest absolute Gasteiger partial charge is 0.269 e. The van der Waals surface area contributed by atoms with Crippen LogP contribution in [0.5, 0.6) is 0 Å². The van der Waals surface area contributed by atoms with E-state index in [1.54, 1.807) is 0 Å². The first kappa shape index (κ1) is 17.0. The third kappa shape index (κ3) is 5.92. The highest BCUT2D eigenvalue weighted by Crippen LogP contribution is 2.26. The number of aliphatic hydroxyl groups is 1. The Bertz CT molecular complexity index is 480. The predicted molar refractivity (Wildman–Crippen MR) is 81.0 cm³/mol. The van der Waals surface area contributed by atoms with Gasteiger partial charge in [-0.05, 0) is 12.1 Å². The van der Waals surface area contributed by atoms with Gasteiger partial charge >= 0.3 is 0 Å².